The Labute approximate surface area is 174 Å². The van der Waals surface area contributed by atoms with Gasteiger partial charge in [0, 0.05) is 25.0 Å². The number of hydrogen-bond donors (Lipinski definition) is 0. The van der Waals surface area contributed by atoms with Crippen LogP contribution in [0.2, 0.25) is 0 Å². The van der Waals surface area contributed by atoms with Crippen LogP contribution in [0.3, 0.4) is 0 Å². The van der Waals surface area contributed by atoms with Crippen LogP contribution in [-0.2, 0) is 11.3 Å². The fraction of sp³-hybridized carbons (Fsp3) is 0.278. The molecule has 1 fully saturated rings. The summed E-state index contributed by atoms with van der Waals surface area (Å²) in [6.07, 6.45) is 0. The third-order valence-corrected chi connectivity index (χ3v) is 8.61. The van der Waals surface area contributed by atoms with Crippen LogP contribution in [0.5, 0.6) is 0 Å². The molecule has 9 heteroatoms. The monoisotopic (exact) mass is 435 g/mol. The van der Waals surface area contributed by atoms with E-state index in [1.165, 1.54) is 23.1 Å². The van der Waals surface area contributed by atoms with Crippen molar-refractivity contribution in [2.45, 2.75) is 25.3 Å². The first kappa shape index (κ1) is 18.8. The summed E-state index contributed by atoms with van der Waals surface area (Å²) >= 11 is 9.60. The van der Waals surface area contributed by atoms with Crippen molar-refractivity contribution in [2.75, 3.05) is 18.5 Å². The lowest BCUT2D eigenvalue weighted by molar-refractivity contribution is -0.120. The molecular weight excluding hydrogens is 418 g/mol. The number of amides is 1. The summed E-state index contributed by atoms with van der Waals surface area (Å²) in [5.74, 6) is -0.108. The molecule has 1 aromatic carbocycles. The second-order valence-electron chi connectivity index (χ2n) is 5.97. The van der Waals surface area contributed by atoms with E-state index in [2.05, 4.69) is 6.07 Å². The molecule has 4 rings (SSSR count). The van der Waals surface area contributed by atoms with E-state index in [0.29, 0.717) is 31.5 Å². The Hall–Kier alpha value is -1.55. The number of thiazole rings is 1. The highest BCUT2D eigenvalue weighted by molar-refractivity contribution is 8.30. The van der Waals surface area contributed by atoms with Gasteiger partial charge in [-0.05, 0) is 26.0 Å². The number of rotatable bonds is 2. The molecule has 1 saturated heterocycles. The minimum Gasteiger partial charge on any atom is -0.337 e. The van der Waals surface area contributed by atoms with E-state index in [1.54, 1.807) is 21.2 Å². The van der Waals surface area contributed by atoms with Crippen molar-refractivity contribution in [1.82, 2.24) is 9.47 Å². The molecule has 1 amide bonds. The summed E-state index contributed by atoms with van der Waals surface area (Å²) in [6, 6.07) is 8.09. The molecule has 0 atom stereocenters. The highest BCUT2D eigenvalue weighted by atomic mass is 32.2. The molecule has 140 valence electrons. The summed E-state index contributed by atoms with van der Waals surface area (Å²) in [5.41, 5.74) is 1.04. The Morgan fingerprint density at radius 3 is 2.44 bits per heavy atom. The predicted octanol–water partition coefficient (Wildman–Crippen LogP) is 2.23. The minimum atomic E-state index is -0.108. The Morgan fingerprint density at radius 1 is 1.07 bits per heavy atom. The van der Waals surface area contributed by atoms with Crippen LogP contribution in [0, 0.1) is 0 Å². The quantitative estimate of drug-likeness (QED) is 0.674. The molecule has 0 saturated carbocycles. The lowest BCUT2D eigenvalue weighted by atomic mass is 10.3. The topological polar surface area (TPSA) is 45.6 Å². The van der Waals surface area contributed by atoms with E-state index in [0.717, 1.165) is 15.6 Å². The zero-order chi connectivity index (χ0) is 19.3. The third kappa shape index (κ3) is 2.88. The maximum atomic E-state index is 13.1. The summed E-state index contributed by atoms with van der Waals surface area (Å²) in [5, 5.41) is 0.908. The number of anilines is 1. The van der Waals surface area contributed by atoms with Crippen molar-refractivity contribution in [2.24, 2.45) is 0 Å². The van der Waals surface area contributed by atoms with Crippen molar-refractivity contribution in [3.05, 3.63) is 43.8 Å². The van der Waals surface area contributed by atoms with E-state index in [9.17, 15) is 9.59 Å². The van der Waals surface area contributed by atoms with Gasteiger partial charge in [-0.2, -0.15) is 0 Å². The Morgan fingerprint density at radius 2 is 1.81 bits per heavy atom. The maximum absolute atomic E-state index is 13.1. The van der Waals surface area contributed by atoms with E-state index < -0.39 is 0 Å². The molecule has 0 N–H and O–H groups in total. The molecule has 27 heavy (non-hydrogen) atoms. The lowest BCUT2D eigenvalue weighted by Crippen LogP contribution is -2.34. The van der Waals surface area contributed by atoms with Crippen LogP contribution in [0.25, 0.3) is 9.93 Å². The minimum absolute atomic E-state index is 0.0542. The number of benzene rings is 1. The number of carbonyl (C=O) groups is 1. The molecule has 2 aromatic rings. The third-order valence-electron chi connectivity index (χ3n) is 4.49. The lowest BCUT2D eigenvalue weighted by Gasteiger charge is -2.11. The summed E-state index contributed by atoms with van der Waals surface area (Å²) in [4.78, 5) is 31.2. The molecule has 0 unspecified atom stereocenters. The number of fused-ring (bicyclic) bond motifs is 1. The Bertz CT molecular complexity index is 1150. The fourth-order valence-corrected chi connectivity index (χ4v) is 7.15. The van der Waals surface area contributed by atoms with Crippen LogP contribution in [0.15, 0.2) is 34.0 Å². The van der Waals surface area contributed by atoms with Gasteiger partial charge in [-0.3, -0.25) is 19.1 Å². The van der Waals surface area contributed by atoms with Crippen molar-refractivity contribution in [3.63, 3.8) is 0 Å². The molecule has 1 aromatic heterocycles. The zero-order valence-electron chi connectivity index (χ0n) is 15.0. The number of hydrogen-bond acceptors (Lipinski definition) is 7. The van der Waals surface area contributed by atoms with E-state index >= 15 is 0 Å². The SMILES string of the molecule is CCN1C(=O)/C(=c2/s/c(=C3\Sc4ccccc4N3C)c(=O)n2CC)SC1=S. The molecule has 0 radical (unpaired) electrons. The number of thiocarbonyl (C=S) groups is 1. The largest absolute Gasteiger partial charge is 0.337 e. The van der Waals surface area contributed by atoms with Gasteiger partial charge in [0.05, 0.1) is 5.69 Å². The molecule has 2 aliphatic rings. The van der Waals surface area contributed by atoms with Gasteiger partial charge in [-0.25, -0.2) is 0 Å². The maximum Gasteiger partial charge on any atom is 0.271 e. The average molecular weight is 436 g/mol. The predicted molar refractivity (Wildman–Crippen MR) is 119 cm³/mol. The second kappa shape index (κ2) is 7.12. The number of para-hydroxylation sites is 1. The van der Waals surface area contributed by atoms with Crippen LogP contribution >= 0.6 is 47.1 Å². The summed E-state index contributed by atoms with van der Waals surface area (Å²) in [6.45, 7) is 4.87. The number of nitrogens with zero attached hydrogens (tertiary/aromatic N) is 3. The van der Waals surface area contributed by atoms with E-state index in [4.69, 9.17) is 12.2 Å². The van der Waals surface area contributed by atoms with Gasteiger partial charge >= 0.3 is 0 Å². The van der Waals surface area contributed by atoms with Crippen molar-refractivity contribution < 1.29 is 4.79 Å². The van der Waals surface area contributed by atoms with Gasteiger partial charge in [0.2, 0.25) is 0 Å². The first-order valence-corrected chi connectivity index (χ1v) is 11.4. The second-order valence-corrected chi connectivity index (χ2v) is 9.64. The molecule has 0 bridgehead atoms. The van der Waals surface area contributed by atoms with Gasteiger partial charge in [0.15, 0.2) is 0 Å². The fourth-order valence-electron chi connectivity index (χ4n) is 3.10. The first-order valence-electron chi connectivity index (χ1n) is 8.50. The van der Waals surface area contributed by atoms with Crippen LogP contribution in [0.1, 0.15) is 13.8 Å². The number of carbonyl (C=O) groups excluding carboxylic acids is 1. The zero-order valence-corrected chi connectivity index (χ0v) is 18.3. The number of aromatic nitrogens is 1. The highest BCUT2D eigenvalue weighted by Gasteiger charge is 2.33. The van der Waals surface area contributed by atoms with Gasteiger partial charge in [0.1, 0.15) is 23.4 Å². The summed E-state index contributed by atoms with van der Waals surface area (Å²) in [7, 11) is 1.97. The number of thioether (sulfide) groups is 2. The van der Waals surface area contributed by atoms with E-state index in [1.807, 2.05) is 44.0 Å². The van der Waals surface area contributed by atoms with Gasteiger partial charge in [-0.1, -0.05) is 47.9 Å². The van der Waals surface area contributed by atoms with Crippen molar-refractivity contribution in [3.8, 4) is 0 Å². The Kier molecular flexibility index (Phi) is 4.96. The van der Waals surface area contributed by atoms with Crippen LogP contribution in [0.4, 0.5) is 5.69 Å². The average Bonchev–Trinajstić information content (AvgIpc) is 3.26. The first-order chi connectivity index (χ1) is 13.0. The normalized spacial score (nSPS) is 20.7. The van der Waals surface area contributed by atoms with Crippen molar-refractivity contribution in [1.29, 1.82) is 0 Å². The molecule has 5 nitrogen and oxygen atoms in total. The van der Waals surface area contributed by atoms with Crippen molar-refractivity contribution >= 4 is 72.9 Å². The molecule has 0 spiro atoms. The van der Waals surface area contributed by atoms with Gasteiger partial charge < -0.3 is 4.90 Å². The molecule has 3 heterocycles. The van der Waals surface area contributed by atoms with E-state index in [-0.39, 0.29) is 11.5 Å². The molecular formula is C18H17N3O2S4. The van der Waals surface area contributed by atoms with Gasteiger partial charge in [0.25, 0.3) is 11.5 Å². The highest BCUT2D eigenvalue weighted by Crippen LogP contribution is 2.45. The Balaban J connectivity index is 1.98. The molecule has 0 aliphatic carbocycles. The van der Waals surface area contributed by atoms with Gasteiger partial charge in [-0.15, -0.1) is 11.3 Å². The smallest absolute Gasteiger partial charge is 0.271 e. The summed E-state index contributed by atoms with van der Waals surface area (Å²) < 4.78 is 3.60. The molecule has 2 aliphatic heterocycles. The standard InChI is InChI=1S/C18H17N3O2S4/c1-4-20-14(22)12(16-19(3)10-8-6-7-9-11(10)25-16)26-17(20)13-15(23)21(5-2)18(24)27-13/h6-9H,4-5H2,1-3H3/b16-12-,17-13-. The van der Waals surface area contributed by atoms with Crippen LogP contribution in [-0.4, -0.2) is 33.3 Å². The van der Waals surface area contributed by atoms with Crippen LogP contribution < -0.4 is 19.7 Å².